The lowest BCUT2D eigenvalue weighted by Gasteiger charge is -2.37. The molecule has 0 aromatic heterocycles. The van der Waals surface area contributed by atoms with Crippen molar-refractivity contribution in [3.05, 3.63) is 0 Å². The number of ether oxygens (including phenoxy) is 4. The second-order valence-electron chi connectivity index (χ2n) is 5.77. The molecule has 1 N–H and O–H groups in total. The predicted octanol–water partition coefficient (Wildman–Crippen LogP) is 2.41. The van der Waals surface area contributed by atoms with E-state index < -0.39 is 29.8 Å². The van der Waals surface area contributed by atoms with Gasteiger partial charge in [0.05, 0.1) is 0 Å². The van der Waals surface area contributed by atoms with Crippen LogP contribution in [0.2, 0.25) is 0 Å². The Bertz CT molecular complexity index is 350. The maximum absolute atomic E-state index is 12.1. The maximum atomic E-state index is 12.1. The van der Waals surface area contributed by atoms with E-state index in [0.29, 0.717) is 13.2 Å². The number of hydrogen-bond donors (Lipinski definition) is 1. The molecule has 0 spiro atoms. The molecule has 0 saturated carbocycles. The van der Waals surface area contributed by atoms with Crippen molar-refractivity contribution in [1.29, 1.82) is 0 Å². The first-order valence-corrected chi connectivity index (χ1v) is 7.59. The molecule has 1 aliphatic rings. The van der Waals surface area contributed by atoms with Crippen molar-refractivity contribution in [3.8, 4) is 0 Å². The average molecular weight is 304 g/mol. The van der Waals surface area contributed by atoms with E-state index in [2.05, 4.69) is 0 Å². The number of aliphatic carboxylic acids is 1. The number of hydrogen-bond acceptors (Lipinski definition) is 5. The zero-order valence-corrected chi connectivity index (χ0v) is 13.8. The van der Waals surface area contributed by atoms with Crippen LogP contribution in [0.15, 0.2) is 0 Å². The molecule has 0 aromatic rings. The van der Waals surface area contributed by atoms with Gasteiger partial charge in [-0.3, -0.25) is 0 Å². The Hall–Kier alpha value is -0.690. The molecule has 1 fully saturated rings. The van der Waals surface area contributed by atoms with Gasteiger partial charge in [-0.05, 0) is 33.6 Å². The molecular weight excluding hydrogens is 276 g/mol. The van der Waals surface area contributed by atoms with Crippen molar-refractivity contribution in [3.63, 3.8) is 0 Å². The van der Waals surface area contributed by atoms with Gasteiger partial charge in [-0.15, -0.1) is 0 Å². The highest BCUT2D eigenvalue weighted by Gasteiger charge is 2.65. The molecule has 6 nitrogen and oxygen atoms in total. The van der Waals surface area contributed by atoms with E-state index in [0.717, 1.165) is 6.42 Å². The minimum atomic E-state index is -1.66. The van der Waals surface area contributed by atoms with Crippen LogP contribution in [0.4, 0.5) is 0 Å². The molecule has 1 rings (SSSR count). The van der Waals surface area contributed by atoms with Crippen molar-refractivity contribution in [1.82, 2.24) is 0 Å². The van der Waals surface area contributed by atoms with Crippen LogP contribution in [0, 0.1) is 5.92 Å². The predicted molar refractivity (Wildman–Crippen MR) is 76.9 cm³/mol. The molecule has 0 unspecified atom stereocenters. The number of rotatable bonds is 8. The van der Waals surface area contributed by atoms with Crippen molar-refractivity contribution < 1.29 is 28.8 Å². The quantitative estimate of drug-likeness (QED) is 0.694. The van der Waals surface area contributed by atoms with Crippen LogP contribution in [0.3, 0.4) is 0 Å². The van der Waals surface area contributed by atoms with Crippen LogP contribution in [-0.2, 0) is 23.7 Å². The summed E-state index contributed by atoms with van der Waals surface area (Å²) in [6, 6.07) is 0. The second-order valence-corrected chi connectivity index (χ2v) is 5.77. The average Bonchev–Trinajstić information content (AvgIpc) is 2.70. The van der Waals surface area contributed by atoms with E-state index in [1.165, 1.54) is 0 Å². The zero-order valence-electron chi connectivity index (χ0n) is 13.8. The largest absolute Gasteiger partial charge is 0.479 e. The molecule has 0 bridgehead atoms. The minimum Gasteiger partial charge on any atom is -0.479 e. The van der Waals surface area contributed by atoms with Crippen LogP contribution in [0.25, 0.3) is 0 Å². The lowest BCUT2D eigenvalue weighted by Crippen LogP contribution is -2.60. The van der Waals surface area contributed by atoms with Gasteiger partial charge in [0, 0.05) is 13.2 Å². The van der Waals surface area contributed by atoms with E-state index >= 15 is 0 Å². The topological polar surface area (TPSA) is 74.2 Å². The summed E-state index contributed by atoms with van der Waals surface area (Å²) >= 11 is 0. The van der Waals surface area contributed by atoms with Crippen molar-refractivity contribution in [2.75, 3.05) is 13.2 Å². The highest BCUT2D eigenvalue weighted by atomic mass is 16.8. The van der Waals surface area contributed by atoms with E-state index in [-0.39, 0.29) is 5.92 Å². The zero-order chi connectivity index (χ0) is 16.3. The minimum absolute atomic E-state index is 0.00807. The fourth-order valence-electron chi connectivity index (χ4n) is 2.68. The summed E-state index contributed by atoms with van der Waals surface area (Å²) in [6.45, 7) is 11.6. The van der Waals surface area contributed by atoms with Crippen LogP contribution in [-0.4, -0.2) is 48.1 Å². The van der Waals surface area contributed by atoms with E-state index in [1.807, 2.05) is 13.8 Å². The van der Waals surface area contributed by atoms with Crippen molar-refractivity contribution in [2.45, 2.75) is 71.7 Å². The van der Waals surface area contributed by atoms with Crippen LogP contribution in [0.5, 0.6) is 0 Å². The van der Waals surface area contributed by atoms with Gasteiger partial charge < -0.3 is 24.1 Å². The Kier molecular flexibility index (Phi) is 6.16. The SMILES string of the molecule is CCOC(OCC)[C@]1(C(=O)O)OC(C)(C)O[C@H]1[C@@H](C)CC. The highest BCUT2D eigenvalue weighted by molar-refractivity contribution is 5.79. The van der Waals surface area contributed by atoms with E-state index in [9.17, 15) is 9.90 Å². The molecule has 124 valence electrons. The molecular formula is C15H28O6. The molecule has 3 atom stereocenters. The monoisotopic (exact) mass is 304 g/mol. The first-order chi connectivity index (χ1) is 9.75. The van der Waals surface area contributed by atoms with Gasteiger partial charge in [0.2, 0.25) is 5.60 Å². The van der Waals surface area contributed by atoms with Gasteiger partial charge in [0.1, 0.15) is 6.10 Å². The van der Waals surface area contributed by atoms with Gasteiger partial charge in [0.15, 0.2) is 12.1 Å². The molecule has 6 heteroatoms. The molecule has 1 heterocycles. The van der Waals surface area contributed by atoms with Crippen molar-refractivity contribution in [2.24, 2.45) is 5.92 Å². The highest BCUT2D eigenvalue weighted by Crippen LogP contribution is 2.44. The lowest BCUT2D eigenvalue weighted by atomic mass is 9.85. The fourth-order valence-corrected chi connectivity index (χ4v) is 2.68. The molecule has 0 amide bonds. The summed E-state index contributed by atoms with van der Waals surface area (Å²) in [6.07, 6.45) is -0.881. The first kappa shape index (κ1) is 18.4. The van der Waals surface area contributed by atoms with Crippen LogP contribution >= 0.6 is 0 Å². The Morgan fingerprint density at radius 3 is 2.14 bits per heavy atom. The third-order valence-corrected chi connectivity index (χ3v) is 3.73. The third-order valence-electron chi connectivity index (χ3n) is 3.73. The molecule has 1 aliphatic heterocycles. The normalized spacial score (nSPS) is 29.8. The molecule has 0 radical (unpaired) electrons. The molecule has 0 aromatic carbocycles. The van der Waals surface area contributed by atoms with Crippen LogP contribution < -0.4 is 0 Å². The van der Waals surface area contributed by atoms with Gasteiger partial charge in [0.25, 0.3) is 0 Å². The smallest absolute Gasteiger partial charge is 0.344 e. The summed E-state index contributed by atoms with van der Waals surface area (Å²) in [5, 5.41) is 9.87. The molecule has 1 saturated heterocycles. The number of carbonyl (C=O) groups is 1. The lowest BCUT2D eigenvalue weighted by molar-refractivity contribution is -0.263. The first-order valence-electron chi connectivity index (χ1n) is 7.59. The summed E-state index contributed by atoms with van der Waals surface area (Å²) in [4.78, 5) is 12.1. The Labute approximate surface area is 126 Å². The Balaban J connectivity index is 3.29. The van der Waals surface area contributed by atoms with Crippen LogP contribution in [0.1, 0.15) is 48.0 Å². The summed E-state index contributed by atoms with van der Waals surface area (Å²) in [5.74, 6) is -2.13. The standard InChI is InChI=1S/C15H28O6/c1-7-10(4)11-15(12(16)17,21-14(5,6)20-11)13(18-8-2)19-9-3/h10-11,13H,7-9H2,1-6H3,(H,16,17)/t10-,11-,15-/m0/s1. The van der Waals surface area contributed by atoms with Gasteiger partial charge >= 0.3 is 5.97 Å². The van der Waals surface area contributed by atoms with E-state index in [4.69, 9.17) is 18.9 Å². The maximum Gasteiger partial charge on any atom is 0.344 e. The van der Waals surface area contributed by atoms with Gasteiger partial charge in [-0.2, -0.15) is 0 Å². The molecule has 21 heavy (non-hydrogen) atoms. The van der Waals surface area contributed by atoms with Crippen molar-refractivity contribution >= 4 is 5.97 Å². The Morgan fingerprint density at radius 1 is 1.24 bits per heavy atom. The van der Waals surface area contributed by atoms with Gasteiger partial charge in [-0.25, -0.2) is 4.79 Å². The van der Waals surface area contributed by atoms with Gasteiger partial charge in [-0.1, -0.05) is 20.3 Å². The summed E-state index contributed by atoms with van der Waals surface area (Å²) in [5.41, 5.74) is -1.66. The second kappa shape index (κ2) is 7.05. The summed E-state index contributed by atoms with van der Waals surface area (Å²) in [7, 11) is 0. The third kappa shape index (κ3) is 3.56. The fraction of sp³-hybridized carbons (Fsp3) is 0.933. The summed E-state index contributed by atoms with van der Waals surface area (Å²) < 4.78 is 22.8. The number of carboxylic acid groups (broad SMARTS) is 1. The number of carboxylic acids is 1. The Morgan fingerprint density at radius 2 is 1.76 bits per heavy atom. The molecule has 0 aliphatic carbocycles. The van der Waals surface area contributed by atoms with E-state index in [1.54, 1.807) is 27.7 Å².